The second-order valence-electron chi connectivity index (χ2n) is 5.49. The average molecular weight is 245 g/mol. The minimum atomic E-state index is -0.170. The Labute approximate surface area is 108 Å². The van der Waals surface area contributed by atoms with Crippen molar-refractivity contribution in [2.24, 2.45) is 5.92 Å². The number of carbonyl (C=O) groups is 1. The smallest absolute Gasteiger partial charge is 0.254 e. The number of benzene rings is 1. The van der Waals surface area contributed by atoms with Crippen LogP contribution in [-0.4, -0.2) is 30.1 Å². The molecule has 1 saturated heterocycles. The maximum Gasteiger partial charge on any atom is 0.254 e. The first-order valence-corrected chi connectivity index (χ1v) is 6.68. The summed E-state index contributed by atoms with van der Waals surface area (Å²) in [4.78, 5) is 14.3. The molecule has 1 fully saturated rings. The van der Waals surface area contributed by atoms with Crippen LogP contribution in [0.1, 0.15) is 31.0 Å². The molecule has 18 heavy (non-hydrogen) atoms. The number of epoxide rings is 1. The lowest BCUT2D eigenvalue weighted by atomic mass is 9.86. The van der Waals surface area contributed by atoms with Gasteiger partial charge in [0, 0.05) is 6.54 Å². The van der Waals surface area contributed by atoms with Crippen molar-refractivity contribution in [2.75, 3.05) is 13.2 Å². The minimum Gasteiger partial charge on any atom is -0.363 e. The van der Waals surface area contributed by atoms with Crippen LogP contribution in [0.15, 0.2) is 24.3 Å². The minimum absolute atomic E-state index is 0.170. The highest BCUT2D eigenvalue weighted by atomic mass is 16.6. The highest BCUT2D eigenvalue weighted by molar-refractivity contribution is 5.83. The number of hydrogen-bond donors (Lipinski definition) is 0. The van der Waals surface area contributed by atoms with Crippen molar-refractivity contribution < 1.29 is 9.53 Å². The summed E-state index contributed by atoms with van der Waals surface area (Å²) >= 11 is 0. The standard InChI is InChI=1S/C15H19NO2/c1-10(2)14-12-6-4-3-5-11(12)7-8-16(14)15(17)13-9-18-13/h3-6,10,13-14H,7-9H2,1-2H3. The van der Waals surface area contributed by atoms with Gasteiger partial charge in [-0.1, -0.05) is 38.1 Å². The van der Waals surface area contributed by atoms with Crippen LogP contribution < -0.4 is 0 Å². The van der Waals surface area contributed by atoms with Gasteiger partial charge in [0.05, 0.1) is 12.6 Å². The Balaban J connectivity index is 1.95. The molecule has 2 heterocycles. The van der Waals surface area contributed by atoms with Crippen molar-refractivity contribution in [1.82, 2.24) is 4.90 Å². The number of rotatable bonds is 2. The van der Waals surface area contributed by atoms with E-state index in [1.54, 1.807) is 0 Å². The lowest BCUT2D eigenvalue weighted by Gasteiger charge is -2.39. The summed E-state index contributed by atoms with van der Waals surface area (Å²) < 4.78 is 5.15. The molecule has 2 aliphatic heterocycles. The van der Waals surface area contributed by atoms with Gasteiger partial charge in [-0.2, -0.15) is 0 Å². The molecule has 2 unspecified atom stereocenters. The molecule has 1 aromatic carbocycles. The van der Waals surface area contributed by atoms with E-state index in [4.69, 9.17) is 4.74 Å². The first-order valence-electron chi connectivity index (χ1n) is 6.68. The van der Waals surface area contributed by atoms with Crippen LogP contribution in [0.25, 0.3) is 0 Å². The molecule has 2 atom stereocenters. The quantitative estimate of drug-likeness (QED) is 0.748. The predicted molar refractivity (Wildman–Crippen MR) is 69.2 cm³/mol. The second kappa shape index (κ2) is 4.39. The van der Waals surface area contributed by atoms with Gasteiger partial charge in [-0.15, -0.1) is 0 Å². The lowest BCUT2D eigenvalue weighted by molar-refractivity contribution is -0.136. The summed E-state index contributed by atoms with van der Waals surface area (Å²) in [5.41, 5.74) is 2.70. The van der Waals surface area contributed by atoms with Crippen LogP contribution >= 0.6 is 0 Å². The Morgan fingerprint density at radius 3 is 2.78 bits per heavy atom. The molecule has 0 spiro atoms. The Kier molecular flexibility index (Phi) is 2.86. The molecule has 3 nitrogen and oxygen atoms in total. The monoisotopic (exact) mass is 245 g/mol. The Morgan fingerprint density at radius 1 is 1.39 bits per heavy atom. The summed E-state index contributed by atoms with van der Waals surface area (Å²) in [6, 6.07) is 8.69. The van der Waals surface area contributed by atoms with Crippen LogP contribution in [0, 0.1) is 5.92 Å². The first kappa shape index (κ1) is 11.7. The Bertz CT molecular complexity index is 465. The summed E-state index contributed by atoms with van der Waals surface area (Å²) in [5.74, 6) is 0.595. The van der Waals surface area contributed by atoms with Gasteiger partial charge in [0.1, 0.15) is 0 Å². The maximum absolute atomic E-state index is 12.3. The van der Waals surface area contributed by atoms with Crippen molar-refractivity contribution in [3.8, 4) is 0 Å². The summed E-state index contributed by atoms with van der Waals surface area (Å²) in [5, 5.41) is 0. The predicted octanol–water partition coefficient (Wildman–Crippen LogP) is 2.17. The molecular formula is C15H19NO2. The normalized spacial score (nSPS) is 26.1. The topological polar surface area (TPSA) is 32.8 Å². The van der Waals surface area contributed by atoms with Crippen molar-refractivity contribution in [3.05, 3.63) is 35.4 Å². The van der Waals surface area contributed by atoms with Crippen LogP contribution in [0.4, 0.5) is 0 Å². The first-order chi connectivity index (χ1) is 8.68. The largest absolute Gasteiger partial charge is 0.363 e. The molecule has 0 N–H and O–H groups in total. The van der Waals surface area contributed by atoms with Gasteiger partial charge in [-0.3, -0.25) is 4.79 Å². The third kappa shape index (κ3) is 1.93. The third-order valence-electron chi connectivity index (χ3n) is 3.85. The highest BCUT2D eigenvalue weighted by Gasteiger charge is 2.40. The van der Waals surface area contributed by atoms with Crippen molar-refractivity contribution in [3.63, 3.8) is 0 Å². The van der Waals surface area contributed by atoms with Crippen molar-refractivity contribution in [1.29, 1.82) is 0 Å². The Hall–Kier alpha value is -1.35. The zero-order valence-electron chi connectivity index (χ0n) is 10.9. The molecule has 3 heteroatoms. The summed E-state index contributed by atoms with van der Waals surface area (Å²) in [6.45, 7) is 5.78. The summed E-state index contributed by atoms with van der Waals surface area (Å²) in [6.07, 6.45) is 0.786. The lowest BCUT2D eigenvalue weighted by Crippen LogP contribution is -2.44. The van der Waals surface area contributed by atoms with E-state index in [-0.39, 0.29) is 18.1 Å². The number of ether oxygens (including phenoxy) is 1. The zero-order valence-corrected chi connectivity index (χ0v) is 10.9. The fourth-order valence-corrected chi connectivity index (χ4v) is 2.94. The molecular weight excluding hydrogens is 226 g/mol. The molecule has 1 amide bonds. The van der Waals surface area contributed by atoms with Crippen LogP contribution in [0.2, 0.25) is 0 Å². The fourth-order valence-electron chi connectivity index (χ4n) is 2.94. The number of fused-ring (bicyclic) bond motifs is 1. The van der Waals surface area contributed by atoms with E-state index in [1.165, 1.54) is 11.1 Å². The van der Waals surface area contributed by atoms with Gasteiger partial charge < -0.3 is 9.64 Å². The van der Waals surface area contributed by atoms with Crippen LogP contribution in [-0.2, 0) is 16.0 Å². The molecule has 0 radical (unpaired) electrons. The molecule has 96 valence electrons. The van der Waals surface area contributed by atoms with E-state index in [0.29, 0.717) is 12.5 Å². The Morgan fingerprint density at radius 2 is 2.11 bits per heavy atom. The van der Waals surface area contributed by atoms with Crippen LogP contribution in [0.3, 0.4) is 0 Å². The zero-order chi connectivity index (χ0) is 12.7. The van der Waals surface area contributed by atoms with E-state index in [0.717, 1.165) is 13.0 Å². The second-order valence-corrected chi connectivity index (χ2v) is 5.49. The van der Waals surface area contributed by atoms with Gasteiger partial charge in [-0.05, 0) is 23.5 Å². The van der Waals surface area contributed by atoms with E-state index < -0.39 is 0 Å². The van der Waals surface area contributed by atoms with Gasteiger partial charge in [0.25, 0.3) is 5.91 Å². The molecule has 0 aromatic heterocycles. The van der Waals surface area contributed by atoms with Gasteiger partial charge in [-0.25, -0.2) is 0 Å². The number of carbonyl (C=O) groups excluding carboxylic acids is 1. The molecule has 0 bridgehead atoms. The van der Waals surface area contributed by atoms with E-state index >= 15 is 0 Å². The molecule has 0 aliphatic carbocycles. The molecule has 2 aliphatic rings. The maximum atomic E-state index is 12.3. The van der Waals surface area contributed by atoms with E-state index in [1.807, 2.05) is 4.90 Å². The highest BCUT2D eigenvalue weighted by Crippen LogP contribution is 2.36. The molecule has 0 saturated carbocycles. The van der Waals surface area contributed by atoms with Crippen molar-refractivity contribution >= 4 is 5.91 Å². The SMILES string of the molecule is CC(C)C1c2ccccc2CCN1C(=O)C1CO1. The van der Waals surface area contributed by atoms with Crippen LogP contribution in [0.5, 0.6) is 0 Å². The van der Waals surface area contributed by atoms with Crippen molar-refractivity contribution in [2.45, 2.75) is 32.4 Å². The molecule has 3 rings (SSSR count). The number of amides is 1. The molecule has 1 aromatic rings. The summed E-state index contributed by atoms with van der Waals surface area (Å²) in [7, 11) is 0. The van der Waals surface area contributed by atoms with E-state index in [9.17, 15) is 4.79 Å². The average Bonchev–Trinajstić information content (AvgIpc) is 3.20. The third-order valence-corrected chi connectivity index (χ3v) is 3.85. The van der Waals surface area contributed by atoms with Gasteiger partial charge in [0.15, 0.2) is 6.10 Å². The number of nitrogens with zero attached hydrogens (tertiary/aromatic N) is 1. The van der Waals surface area contributed by atoms with E-state index in [2.05, 4.69) is 38.1 Å². The fraction of sp³-hybridized carbons (Fsp3) is 0.533. The van der Waals surface area contributed by atoms with Gasteiger partial charge >= 0.3 is 0 Å². The van der Waals surface area contributed by atoms with Gasteiger partial charge in [0.2, 0.25) is 0 Å². The number of hydrogen-bond acceptors (Lipinski definition) is 2.